The van der Waals surface area contributed by atoms with Gasteiger partial charge in [0, 0.05) is 26.7 Å². The molecule has 0 aromatic heterocycles. The van der Waals surface area contributed by atoms with Crippen molar-refractivity contribution < 1.29 is 4.74 Å². The van der Waals surface area contributed by atoms with E-state index in [1.165, 1.54) is 32.1 Å². The summed E-state index contributed by atoms with van der Waals surface area (Å²) in [6, 6.07) is 0. The maximum atomic E-state index is 5.72. The van der Waals surface area contributed by atoms with E-state index >= 15 is 0 Å². The standard InChI is InChI=1S/C14H24N2OS/c1-15-14(18)16(11-13-8-5-9-17-13)10-12-6-3-2-4-7-12/h2-3,12-13H,4-11H2,1H3,(H,15,18)/t12-,13-/m1/s1. The highest BCUT2D eigenvalue weighted by Crippen LogP contribution is 2.21. The van der Waals surface area contributed by atoms with E-state index < -0.39 is 0 Å². The van der Waals surface area contributed by atoms with Gasteiger partial charge in [-0.3, -0.25) is 0 Å². The van der Waals surface area contributed by atoms with Crippen LogP contribution in [-0.2, 0) is 4.74 Å². The molecule has 2 atom stereocenters. The maximum absolute atomic E-state index is 5.72. The predicted octanol–water partition coefficient (Wildman–Crippen LogP) is 2.33. The molecule has 102 valence electrons. The van der Waals surface area contributed by atoms with E-state index in [4.69, 9.17) is 17.0 Å². The van der Waals surface area contributed by atoms with E-state index in [1.54, 1.807) is 0 Å². The van der Waals surface area contributed by atoms with E-state index in [-0.39, 0.29) is 0 Å². The van der Waals surface area contributed by atoms with Gasteiger partial charge in [0.15, 0.2) is 5.11 Å². The van der Waals surface area contributed by atoms with Gasteiger partial charge < -0.3 is 15.0 Å². The second-order valence-corrected chi connectivity index (χ2v) is 5.63. The van der Waals surface area contributed by atoms with Gasteiger partial charge in [-0.05, 0) is 50.2 Å². The fraction of sp³-hybridized carbons (Fsp3) is 0.786. The normalized spacial score (nSPS) is 27.2. The molecule has 0 aromatic carbocycles. The van der Waals surface area contributed by atoms with Crippen LogP contribution in [0.25, 0.3) is 0 Å². The summed E-state index contributed by atoms with van der Waals surface area (Å²) in [5.41, 5.74) is 0. The lowest BCUT2D eigenvalue weighted by Crippen LogP contribution is -2.44. The Balaban J connectivity index is 1.87. The Labute approximate surface area is 116 Å². The molecule has 0 spiro atoms. The zero-order valence-electron chi connectivity index (χ0n) is 11.2. The topological polar surface area (TPSA) is 24.5 Å². The molecular weight excluding hydrogens is 244 g/mol. The summed E-state index contributed by atoms with van der Waals surface area (Å²) < 4.78 is 5.72. The van der Waals surface area contributed by atoms with Gasteiger partial charge in [0.2, 0.25) is 0 Å². The van der Waals surface area contributed by atoms with E-state index in [0.29, 0.717) is 6.10 Å². The van der Waals surface area contributed by atoms with Crippen LogP contribution < -0.4 is 5.32 Å². The fourth-order valence-electron chi connectivity index (χ4n) is 2.77. The lowest BCUT2D eigenvalue weighted by molar-refractivity contribution is 0.0875. The van der Waals surface area contributed by atoms with Gasteiger partial charge >= 0.3 is 0 Å². The number of allylic oxidation sites excluding steroid dienone is 2. The van der Waals surface area contributed by atoms with Crippen molar-refractivity contribution in [3.63, 3.8) is 0 Å². The SMILES string of the molecule is CNC(=S)N(C[C@@H]1CC=CCC1)C[C@H]1CCCO1. The second kappa shape index (κ2) is 7.10. The minimum atomic E-state index is 0.371. The summed E-state index contributed by atoms with van der Waals surface area (Å²) in [7, 11) is 1.91. The van der Waals surface area contributed by atoms with Crippen molar-refractivity contribution in [1.29, 1.82) is 0 Å². The molecule has 1 N–H and O–H groups in total. The molecule has 0 radical (unpaired) electrons. The highest BCUT2D eigenvalue weighted by Gasteiger charge is 2.23. The molecule has 18 heavy (non-hydrogen) atoms. The summed E-state index contributed by atoms with van der Waals surface area (Å²) in [5.74, 6) is 0.739. The average molecular weight is 268 g/mol. The zero-order valence-corrected chi connectivity index (χ0v) is 12.0. The van der Waals surface area contributed by atoms with Gasteiger partial charge in [-0.2, -0.15) is 0 Å². The van der Waals surface area contributed by atoms with Crippen molar-refractivity contribution in [3.8, 4) is 0 Å². The summed E-state index contributed by atoms with van der Waals surface area (Å²) in [5, 5.41) is 3.97. The molecule has 2 aliphatic rings. The third-order valence-electron chi connectivity index (χ3n) is 3.81. The second-order valence-electron chi connectivity index (χ2n) is 5.25. The molecular formula is C14H24N2OS. The number of hydrogen-bond acceptors (Lipinski definition) is 2. The molecule has 1 heterocycles. The van der Waals surface area contributed by atoms with Gasteiger partial charge in [-0.1, -0.05) is 12.2 Å². The third kappa shape index (κ3) is 3.95. The molecule has 0 saturated carbocycles. The van der Waals surface area contributed by atoms with Crippen molar-refractivity contribution in [3.05, 3.63) is 12.2 Å². The molecule has 1 aliphatic heterocycles. The number of hydrogen-bond donors (Lipinski definition) is 1. The van der Waals surface area contributed by atoms with Gasteiger partial charge in [0.1, 0.15) is 0 Å². The molecule has 1 fully saturated rings. The van der Waals surface area contributed by atoms with Gasteiger partial charge in [-0.25, -0.2) is 0 Å². The molecule has 3 nitrogen and oxygen atoms in total. The van der Waals surface area contributed by atoms with E-state index in [0.717, 1.165) is 30.7 Å². The van der Waals surface area contributed by atoms with Gasteiger partial charge in [0.05, 0.1) is 6.10 Å². The van der Waals surface area contributed by atoms with Crippen LogP contribution in [0.3, 0.4) is 0 Å². The predicted molar refractivity (Wildman–Crippen MR) is 78.7 cm³/mol. The van der Waals surface area contributed by atoms with Crippen molar-refractivity contribution >= 4 is 17.3 Å². The monoisotopic (exact) mass is 268 g/mol. The highest BCUT2D eigenvalue weighted by molar-refractivity contribution is 7.80. The van der Waals surface area contributed by atoms with Crippen LogP contribution in [0.5, 0.6) is 0 Å². The van der Waals surface area contributed by atoms with Crippen LogP contribution >= 0.6 is 12.2 Å². The van der Waals surface area contributed by atoms with E-state index in [9.17, 15) is 0 Å². The lowest BCUT2D eigenvalue weighted by atomic mass is 9.94. The number of thiocarbonyl (C=S) groups is 1. The summed E-state index contributed by atoms with van der Waals surface area (Å²) in [6.45, 7) is 2.92. The van der Waals surface area contributed by atoms with Crippen LogP contribution in [0.1, 0.15) is 32.1 Å². The highest BCUT2D eigenvalue weighted by atomic mass is 32.1. The van der Waals surface area contributed by atoms with E-state index in [1.807, 2.05) is 7.05 Å². The molecule has 1 aliphatic carbocycles. The zero-order chi connectivity index (χ0) is 12.8. The molecule has 1 saturated heterocycles. The lowest BCUT2D eigenvalue weighted by Gasteiger charge is -2.31. The van der Waals surface area contributed by atoms with Crippen LogP contribution in [0.15, 0.2) is 12.2 Å². The number of nitrogens with one attached hydrogen (secondary N) is 1. The minimum Gasteiger partial charge on any atom is -0.376 e. The Hall–Kier alpha value is -0.610. The van der Waals surface area contributed by atoms with Crippen LogP contribution in [0.4, 0.5) is 0 Å². The Kier molecular flexibility index (Phi) is 5.45. The number of rotatable bonds is 4. The Morgan fingerprint density at radius 3 is 2.89 bits per heavy atom. The number of ether oxygens (including phenoxy) is 1. The van der Waals surface area contributed by atoms with Crippen molar-refractivity contribution in [2.75, 3.05) is 26.7 Å². The largest absolute Gasteiger partial charge is 0.376 e. The molecule has 4 heteroatoms. The van der Waals surface area contributed by atoms with E-state index in [2.05, 4.69) is 22.4 Å². The quantitative estimate of drug-likeness (QED) is 0.625. The molecule has 0 unspecified atom stereocenters. The Morgan fingerprint density at radius 1 is 1.39 bits per heavy atom. The summed E-state index contributed by atoms with van der Waals surface area (Å²) >= 11 is 5.42. The first kappa shape index (κ1) is 13.8. The van der Waals surface area contributed by atoms with Crippen LogP contribution in [0, 0.1) is 5.92 Å². The van der Waals surface area contributed by atoms with Gasteiger partial charge in [0.25, 0.3) is 0 Å². The molecule has 2 rings (SSSR count). The van der Waals surface area contributed by atoms with Crippen molar-refractivity contribution in [1.82, 2.24) is 10.2 Å². The minimum absolute atomic E-state index is 0.371. The first-order valence-corrected chi connectivity index (χ1v) is 7.43. The van der Waals surface area contributed by atoms with Crippen LogP contribution in [0.2, 0.25) is 0 Å². The molecule has 0 bridgehead atoms. The summed E-state index contributed by atoms with van der Waals surface area (Å²) in [6.07, 6.45) is 11.0. The molecule has 0 aromatic rings. The first-order valence-electron chi connectivity index (χ1n) is 7.03. The third-order valence-corrected chi connectivity index (χ3v) is 4.27. The Morgan fingerprint density at radius 2 is 2.28 bits per heavy atom. The summed E-state index contributed by atoms with van der Waals surface area (Å²) in [4.78, 5) is 2.30. The number of nitrogens with zero attached hydrogens (tertiary/aromatic N) is 1. The molecule has 0 amide bonds. The van der Waals surface area contributed by atoms with Gasteiger partial charge in [-0.15, -0.1) is 0 Å². The smallest absolute Gasteiger partial charge is 0.168 e. The van der Waals surface area contributed by atoms with Crippen molar-refractivity contribution in [2.45, 2.75) is 38.2 Å². The first-order chi connectivity index (χ1) is 8.79. The average Bonchev–Trinajstić information content (AvgIpc) is 2.91. The maximum Gasteiger partial charge on any atom is 0.168 e. The van der Waals surface area contributed by atoms with Crippen molar-refractivity contribution in [2.24, 2.45) is 5.92 Å². The fourth-order valence-corrected chi connectivity index (χ4v) is 2.92. The Bertz CT molecular complexity index is 300. The van der Waals surface area contributed by atoms with Crippen LogP contribution in [-0.4, -0.2) is 42.9 Å².